The molecule has 0 fully saturated rings. The van der Waals surface area contributed by atoms with Crippen molar-refractivity contribution < 1.29 is 4.79 Å². The smallest absolute Gasteiger partial charge is 0.255 e. The van der Waals surface area contributed by atoms with Gasteiger partial charge in [0.2, 0.25) is 0 Å². The molecule has 0 saturated carbocycles. The molecule has 6 rings (SSSR count). The molecule has 0 saturated heterocycles. The number of para-hydroxylation sites is 1. The third kappa shape index (κ3) is 2.67. The average Bonchev–Trinajstić information content (AvgIpc) is 3.51. The van der Waals surface area contributed by atoms with Crippen LogP contribution in [0.3, 0.4) is 0 Å². The lowest BCUT2D eigenvalue weighted by atomic mass is 10.0. The number of nitrogens with one attached hydrogen (secondary N) is 3. The van der Waals surface area contributed by atoms with Crippen molar-refractivity contribution in [2.24, 2.45) is 0 Å². The van der Waals surface area contributed by atoms with E-state index in [1.54, 1.807) is 23.9 Å². The highest BCUT2D eigenvalue weighted by atomic mass is 32.1. The van der Waals surface area contributed by atoms with E-state index in [9.17, 15) is 4.79 Å². The summed E-state index contributed by atoms with van der Waals surface area (Å²) < 4.78 is 1.21. The Morgan fingerprint density at radius 1 is 1.00 bits per heavy atom. The first-order valence-electron chi connectivity index (χ1n) is 9.46. The Bertz CT molecular complexity index is 1530. The van der Waals surface area contributed by atoms with Crippen LogP contribution in [-0.2, 0) is 0 Å². The second-order valence-corrected chi connectivity index (χ2v) is 8.15. The maximum atomic E-state index is 13.1. The largest absolute Gasteiger partial charge is 0.345 e. The molecule has 3 aromatic carbocycles. The van der Waals surface area contributed by atoms with E-state index in [-0.39, 0.29) is 5.91 Å². The summed E-state index contributed by atoms with van der Waals surface area (Å²) in [5.74, 6) is -0.184. The van der Waals surface area contributed by atoms with Crippen molar-refractivity contribution in [1.29, 1.82) is 0 Å². The van der Waals surface area contributed by atoms with Crippen molar-refractivity contribution in [2.75, 3.05) is 5.32 Å². The van der Waals surface area contributed by atoms with Crippen LogP contribution in [0.5, 0.6) is 0 Å². The Balaban J connectivity index is 1.46. The third-order valence-electron chi connectivity index (χ3n) is 5.20. The van der Waals surface area contributed by atoms with E-state index in [2.05, 4.69) is 43.7 Å². The van der Waals surface area contributed by atoms with Gasteiger partial charge >= 0.3 is 0 Å². The Hall–Kier alpha value is -3.97. The van der Waals surface area contributed by atoms with Gasteiger partial charge in [0, 0.05) is 26.1 Å². The predicted octanol–water partition coefficient (Wildman–Crippen LogP) is 5.57. The van der Waals surface area contributed by atoms with E-state index < -0.39 is 0 Å². The van der Waals surface area contributed by atoms with Gasteiger partial charge < -0.3 is 10.3 Å². The van der Waals surface area contributed by atoms with Gasteiger partial charge in [0.1, 0.15) is 5.52 Å². The van der Waals surface area contributed by atoms with Gasteiger partial charge in [-0.15, -0.1) is 11.3 Å². The topological polar surface area (TPSA) is 86.5 Å². The maximum Gasteiger partial charge on any atom is 0.255 e. The standard InChI is InChI=1S/C23H15N5OS/c29-23(27-18-6-3-5-17-22(18)25-12-24-17)14-8-15-11-26-28-21(15)16(9-14)20-10-13-4-1-2-7-19(13)30-20/h1-12H,(H,24,25)(H,26,28)(H,27,29). The lowest BCUT2D eigenvalue weighted by molar-refractivity contribution is 0.102. The van der Waals surface area contributed by atoms with Crippen molar-refractivity contribution in [3.8, 4) is 10.4 Å². The van der Waals surface area contributed by atoms with Crippen LogP contribution in [0.25, 0.3) is 42.5 Å². The van der Waals surface area contributed by atoms with Crippen molar-refractivity contribution in [2.45, 2.75) is 0 Å². The third-order valence-corrected chi connectivity index (χ3v) is 6.35. The number of aromatic nitrogens is 4. The second-order valence-electron chi connectivity index (χ2n) is 7.06. The van der Waals surface area contributed by atoms with Crippen LogP contribution in [0.1, 0.15) is 10.4 Å². The van der Waals surface area contributed by atoms with Gasteiger partial charge in [-0.25, -0.2) is 4.98 Å². The Kier molecular flexibility index (Phi) is 3.69. The van der Waals surface area contributed by atoms with Crippen molar-refractivity contribution in [1.82, 2.24) is 20.2 Å². The minimum absolute atomic E-state index is 0.184. The molecule has 7 heteroatoms. The van der Waals surface area contributed by atoms with Crippen molar-refractivity contribution in [3.05, 3.63) is 78.8 Å². The number of nitrogens with zero attached hydrogens (tertiary/aromatic N) is 2. The summed E-state index contributed by atoms with van der Waals surface area (Å²) in [5, 5.41) is 12.4. The molecule has 0 bridgehead atoms. The Labute approximate surface area is 174 Å². The molecule has 0 unspecified atom stereocenters. The molecule has 6 aromatic rings. The molecule has 0 atom stereocenters. The summed E-state index contributed by atoms with van der Waals surface area (Å²) >= 11 is 1.70. The first-order valence-corrected chi connectivity index (χ1v) is 10.3. The normalized spacial score (nSPS) is 11.5. The summed E-state index contributed by atoms with van der Waals surface area (Å²) in [6.45, 7) is 0. The molecule has 3 N–H and O–H groups in total. The highest BCUT2D eigenvalue weighted by molar-refractivity contribution is 7.22. The summed E-state index contributed by atoms with van der Waals surface area (Å²) in [7, 11) is 0. The van der Waals surface area contributed by atoms with E-state index >= 15 is 0 Å². The van der Waals surface area contributed by atoms with Gasteiger partial charge in [-0.3, -0.25) is 9.89 Å². The number of amides is 1. The molecule has 0 aliphatic carbocycles. The minimum atomic E-state index is -0.184. The predicted molar refractivity (Wildman–Crippen MR) is 121 cm³/mol. The molecule has 0 aliphatic heterocycles. The van der Waals surface area contributed by atoms with Gasteiger partial charge in [-0.05, 0) is 41.8 Å². The summed E-state index contributed by atoms with van der Waals surface area (Å²) in [6.07, 6.45) is 3.37. The maximum absolute atomic E-state index is 13.1. The number of carbonyl (C=O) groups is 1. The fourth-order valence-electron chi connectivity index (χ4n) is 3.76. The number of benzene rings is 3. The van der Waals surface area contributed by atoms with Crippen LogP contribution in [0.2, 0.25) is 0 Å². The number of imidazole rings is 1. The number of hydrogen-bond acceptors (Lipinski definition) is 4. The molecule has 3 aromatic heterocycles. The number of carbonyl (C=O) groups excluding carboxylic acids is 1. The van der Waals surface area contributed by atoms with Crippen molar-refractivity contribution in [3.63, 3.8) is 0 Å². The number of thiophene rings is 1. The number of aromatic amines is 2. The molecule has 0 radical (unpaired) electrons. The fraction of sp³-hybridized carbons (Fsp3) is 0. The molecule has 144 valence electrons. The van der Waals surface area contributed by atoms with Gasteiger partial charge in [-0.1, -0.05) is 24.3 Å². The summed E-state index contributed by atoms with van der Waals surface area (Å²) in [5.41, 5.74) is 4.75. The lowest BCUT2D eigenvalue weighted by Gasteiger charge is -2.08. The van der Waals surface area contributed by atoms with Gasteiger partial charge in [-0.2, -0.15) is 5.10 Å². The van der Waals surface area contributed by atoms with Crippen LogP contribution in [0.4, 0.5) is 5.69 Å². The molecular formula is C23H15N5OS. The molecule has 1 amide bonds. The van der Waals surface area contributed by atoms with Crippen molar-refractivity contribution >= 4 is 55.0 Å². The van der Waals surface area contributed by atoms with E-state index in [4.69, 9.17) is 0 Å². The average molecular weight is 409 g/mol. The highest BCUT2D eigenvalue weighted by Gasteiger charge is 2.16. The summed E-state index contributed by atoms with van der Waals surface area (Å²) in [6, 6.07) is 19.9. The lowest BCUT2D eigenvalue weighted by Crippen LogP contribution is -2.12. The molecule has 3 heterocycles. The first kappa shape index (κ1) is 16.9. The number of H-pyrrole nitrogens is 2. The van der Waals surface area contributed by atoms with Crippen LogP contribution in [0.15, 0.2) is 73.2 Å². The van der Waals surface area contributed by atoms with E-state index in [0.717, 1.165) is 32.4 Å². The van der Waals surface area contributed by atoms with Crippen LogP contribution >= 0.6 is 11.3 Å². The quantitative estimate of drug-likeness (QED) is 0.357. The van der Waals surface area contributed by atoms with E-state index in [1.807, 2.05) is 42.5 Å². The minimum Gasteiger partial charge on any atom is -0.345 e. The fourth-order valence-corrected chi connectivity index (χ4v) is 4.84. The Morgan fingerprint density at radius 3 is 2.87 bits per heavy atom. The Morgan fingerprint density at radius 2 is 1.93 bits per heavy atom. The zero-order valence-corrected chi connectivity index (χ0v) is 16.5. The zero-order valence-electron chi connectivity index (χ0n) is 15.6. The number of hydrogen-bond donors (Lipinski definition) is 3. The number of rotatable bonds is 3. The van der Waals surface area contributed by atoms with Gasteiger partial charge in [0.05, 0.1) is 29.2 Å². The first-order chi connectivity index (χ1) is 14.8. The highest BCUT2D eigenvalue weighted by Crippen LogP contribution is 2.37. The van der Waals surface area contributed by atoms with Crippen LogP contribution in [-0.4, -0.2) is 26.1 Å². The molecular weight excluding hydrogens is 394 g/mol. The van der Waals surface area contributed by atoms with Gasteiger partial charge in [0.15, 0.2) is 0 Å². The molecule has 0 spiro atoms. The van der Waals surface area contributed by atoms with Crippen LogP contribution < -0.4 is 5.32 Å². The SMILES string of the molecule is O=C(Nc1cccc2[nH]cnc12)c1cc(-c2cc3ccccc3s2)c2[nH]ncc2c1. The van der Waals surface area contributed by atoms with Gasteiger partial charge in [0.25, 0.3) is 5.91 Å². The molecule has 30 heavy (non-hydrogen) atoms. The van der Waals surface area contributed by atoms with E-state index in [0.29, 0.717) is 11.3 Å². The van der Waals surface area contributed by atoms with Crippen LogP contribution in [0, 0.1) is 0 Å². The number of anilines is 1. The monoisotopic (exact) mass is 409 g/mol. The second kappa shape index (κ2) is 6.53. The molecule has 6 nitrogen and oxygen atoms in total. The number of fused-ring (bicyclic) bond motifs is 3. The zero-order chi connectivity index (χ0) is 20.1. The van der Waals surface area contributed by atoms with E-state index in [1.165, 1.54) is 10.1 Å². The molecule has 0 aliphatic rings. The summed E-state index contributed by atoms with van der Waals surface area (Å²) in [4.78, 5) is 21.6.